The Morgan fingerprint density at radius 3 is 1.34 bits per heavy atom. The van der Waals surface area contributed by atoms with E-state index in [2.05, 4.69) is 109 Å². The van der Waals surface area contributed by atoms with E-state index in [0.29, 0.717) is 17.5 Å². The van der Waals surface area contributed by atoms with Crippen LogP contribution in [0, 0.1) is 0 Å². The fourth-order valence-corrected chi connectivity index (χ4v) is 7.96. The number of rotatable bonds is 6. The Kier molecular flexibility index (Phi) is 7.42. The molecule has 0 aliphatic heterocycles. The van der Waals surface area contributed by atoms with E-state index in [4.69, 9.17) is 23.8 Å². The predicted octanol–water partition coefficient (Wildman–Crippen LogP) is 13.7. The van der Waals surface area contributed by atoms with Crippen LogP contribution in [-0.2, 0) is 0 Å². The van der Waals surface area contributed by atoms with E-state index in [1.54, 1.807) is 0 Å². The van der Waals surface area contributed by atoms with Gasteiger partial charge in [-0.05, 0) is 69.8 Å². The standard InChI is InChI=1S/C51H31N3O2/c1-3-14-32(15-4-1)49-52-50(33-16-5-2-6-17-33)54-51(53-49)36-19-11-18-34(30-36)35-28-29-42-46(31-35)56-45-27-13-24-40(48(42)45)38-21-8-7-20-37(38)39-23-12-26-44-47(39)41-22-9-10-25-43(41)55-44/h1-31H. The molecule has 0 bridgehead atoms. The number of benzene rings is 8. The van der Waals surface area contributed by atoms with Crippen molar-refractivity contribution < 1.29 is 8.83 Å². The topological polar surface area (TPSA) is 65.0 Å². The lowest BCUT2D eigenvalue weighted by atomic mass is 9.90. The van der Waals surface area contributed by atoms with Gasteiger partial charge in [-0.2, -0.15) is 0 Å². The van der Waals surface area contributed by atoms with E-state index in [-0.39, 0.29) is 0 Å². The molecule has 3 heterocycles. The minimum absolute atomic E-state index is 0.617. The number of para-hydroxylation sites is 1. The maximum absolute atomic E-state index is 6.63. The summed E-state index contributed by atoms with van der Waals surface area (Å²) < 4.78 is 12.9. The first-order valence-corrected chi connectivity index (χ1v) is 18.7. The van der Waals surface area contributed by atoms with Crippen LogP contribution in [0.5, 0.6) is 0 Å². The molecule has 0 aliphatic rings. The van der Waals surface area contributed by atoms with Crippen molar-refractivity contribution in [3.05, 3.63) is 188 Å². The molecule has 0 saturated heterocycles. The molecule has 0 radical (unpaired) electrons. The van der Waals surface area contributed by atoms with Gasteiger partial charge in [0.05, 0.1) is 0 Å². The van der Waals surface area contributed by atoms with Gasteiger partial charge in [-0.1, -0.05) is 152 Å². The van der Waals surface area contributed by atoms with Crippen LogP contribution in [-0.4, -0.2) is 15.0 Å². The molecule has 262 valence electrons. The third-order valence-electron chi connectivity index (χ3n) is 10.6. The third kappa shape index (κ3) is 5.37. The van der Waals surface area contributed by atoms with E-state index < -0.39 is 0 Å². The van der Waals surface area contributed by atoms with E-state index in [1.165, 1.54) is 0 Å². The molecular formula is C51H31N3O2. The van der Waals surface area contributed by atoms with E-state index >= 15 is 0 Å². The van der Waals surface area contributed by atoms with Crippen LogP contribution in [0.2, 0.25) is 0 Å². The van der Waals surface area contributed by atoms with Gasteiger partial charge < -0.3 is 8.83 Å². The zero-order valence-corrected chi connectivity index (χ0v) is 30.1. The van der Waals surface area contributed by atoms with Gasteiger partial charge in [0.15, 0.2) is 17.5 Å². The Morgan fingerprint density at radius 1 is 0.268 bits per heavy atom. The van der Waals surface area contributed by atoms with Crippen LogP contribution in [0.3, 0.4) is 0 Å². The predicted molar refractivity (Wildman–Crippen MR) is 227 cm³/mol. The minimum atomic E-state index is 0.617. The summed E-state index contributed by atoms with van der Waals surface area (Å²) in [6.07, 6.45) is 0. The Bertz CT molecular complexity index is 3200. The number of furan rings is 2. The van der Waals surface area contributed by atoms with Gasteiger partial charge in [0.2, 0.25) is 0 Å². The summed E-state index contributed by atoms with van der Waals surface area (Å²) in [7, 11) is 0. The number of fused-ring (bicyclic) bond motifs is 6. The van der Waals surface area contributed by atoms with Crippen molar-refractivity contribution in [1.29, 1.82) is 0 Å². The van der Waals surface area contributed by atoms with Crippen molar-refractivity contribution in [2.45, 2.75) is 0 Å². The number of aromatic nitrogens is 3. The molecule has 0 fully saturated rings. The zero-order valence-electron chi connectivity index (χ0n) is 30.1. The van der Waals surface area contributed by atoms with Crippen molar-refractivity contribution in [3.63, 3.8) is 0 Å². The molecular weight excluding hydrogens is 687 g/mol. The van der Waals surface area contributed by atoms with Gasteiger partial charge in [0, 0.05) is 38.2 Å². The molecule has 0 atom stereocenters. The largest absolute Gasteiger partial charge is 0.456 e. The van der Waals surface area contributed by atoms with Gasteiger partial charge in [-0.3, -0.25) is 0 Å². The van der Waals surface area contributed by atoms with Gasteiger partial charge in [-0.25, -0.2) is 15.0 Å². The Morgan fingerprint density at radius 2 is 0.696 bits per heavy atom. The van der Waals surface area contributed by atoms with Gasteiger partial charge >= 0.3 is 0 Å². The highest BCUT2D eigenvalue weighted by molar-refractivity contribution is 6.17. The molecule has 0 amide bonds. The summed E-state index contributed by atoms with van der Waals surface area (Å²) in [5.74, 6) is 1.89. The smallest absolute Gasteiger partial charge is 0.164 e. The second-order valence-corrected chi connectivity index (χ2v) is 13.9. The summed E-state index contributed by atoms with van der Waals surface area (Å²) >= 11 is 0. The zero-order chi connectivity index (χ0) is 37.0. The first-order chi connectivity index (χ1) is 27.7. The molecule has 0 spiro atoms. The lowest BCUT2D eigenvalue weighted by Gasteiger charge is -2.12. The Balaban J connectivity index is 1.02. The molecule has 0 N–H and O–H groups in total. The van der Waals surface area contributed by atoms with Crippen LogP contribution in [0.25, 0.3) is 111 Å². The summed E-state index contributed by atoms with van der Waals surface area (Å²) in [4.78, 5) is 14.8. The first-order valence-electron chi connectivity index (χ1n) is 18.7. The van der Waals surface area contributed by atoms with Gasteiger partial charge in [0.1, 0.15) is 22.3 Å². The average Bonchev–Trinajstić information content (AvgIpc) is 3.85. The minimum Gasteiger partial charge on any atom is -0.456 e. The summed E-state index contributed by atoms with van der Waals surface area (Å²) in [5.41, 5.74) is 12.8. The monoisotopic (exact) mass is 717 g/mol. The molecule has 0 saturated carbocycles. The quantitative estimate of drug-likeness (QED) is 0.171. The van der Waals surface area contributed by atoms with Crippen molar-refractivity contribution >= 4 is 43.9 Å². The first kappa shape index (κ1) is 31.9. The van der Waals surface area contributed by atoms with Crippen LogP contribution >= 0.6 is 0 Å². The summed E-state index contributed by atoms with van der Waals surface area (Å²) in [5, 5.41) is 4.39. The lowest BCUT2D eigenvalue weighted by molar-refractivity contribution is 0.668. The van der Waals surface area contributed by atoms with Crippen LogP contribution in [0.1, 0.15) is 0 Å². The van der Waals surface area contributed by atoms with Crippen molar-refractivity contribution in [1.82, 2.24) is 15.0 Å². The van der Waals surface area contributed by atoms with Gasteiger partial charge in [-0.15, -0.1) is 0 Å². The number of hydrogen-bond acceptors (Lipinski definition) is 5. The molecule has 0 aliphatic carbocycles. The molecule has 56 heavy (non-hydrogen) atoms. The molecule has 3 aromatic heterocycles. The number of hydrogen-bond donors (Lipinski definition) is 0. The van der Waals surface area contributed by atoms with Gasteiger partial charge in [0.25, 0.3) is 0 Å². The molecule has 11 rings (SSSR count). The van der Waals surface area contributed by atoms with Crippen molar-refractivity contribution in [2.75, 3.05) is 0 Å². The number of nitrogens with zero attached hydrogens (tertiary/aromatic N) is 3. The lowest BCUT2D eigenvalue weighted by Crippen LogP contribution is -2.00. The third-order valence-corrected chi connectivity index (χ3v) is 10.6. The van der Waals surface area contributed by atoms with E-state index in [9.17, 15) is 0 Å². The average molecular weight is 718 g/mol. The van der Waals surface area contributed by atoms with Crippen LogP contribution in [0.4, 0.5) is 0 Å². The Hall–Kier alpha value is -7.63. The maximum atomic E-state index is 6.63. The molecule has 5 nitrogen and oxygen atoms in total. The summed E-state index contributed by atoms with van der Waals surface area (Å²) in [6.45, 7) is 0. The second-order valence-electron chi connectivity index (χ2n) is 13.9. The molecule has 5 heteroatoms. The molecule has 0 unspecified atom stereocenters. The van der Waals surface area contributed by atoms with Crippen LogP contribution in [0.15, 0.2) is 197 Å². The highest BCUT2D eigenvalue weighted by Crippen LogP contribution is 2.44. The summed E-state index contributed by atoms with van der Waals surface area (Å²) in [6, 6.07) is 64.5. The van der Waals surface area contributed by atoms with E-state index in [0.717, 1.165) is 93.9 Å². The van der Waals surface area contributed by atoms with Crippen molar-refractivity contribution in [3.8, 4) is 67.5 Å². The maximum Gasteiger partial charge on any atom is 0.164 e. The van der Waals surface area contributed by atoms with Crippen LogP contribution < -0.4 is 0 Å². The van der Waals surface area contributed by atoms with Crippen molar-refractivity contribution in [2.24, 2.45) is 0 Å². The Labute approximate surface area is 322 Å². The fraction of sp³-hybridized carbons (Fsp3) is 0. The highest BCUT2D eigenvalue weighted by atomic mass is 16.3. The molecule has 8 aromatic carbocycles. The SMILES string of the molecule is c1ccc(-c2nc(-c3ccccc3)nc(-c3cccc(-c4ccc5c(c4)oc4cccc(-c6ccccc6-c6cccc7oc8ccccc8c67)c45)c3)n2)cc1. The second kappa shape index (κ2) is 13.0. The molecule has 11 aromatic rings. The fourth-order valence-electron chi connectivity index (χ4n) is 7.96. The highest BCUT2D eigenvalue weighted by Gasteiger charge is 2.19. The normalized spacial score (nSPS) is 11.6. The van der Waals surface area contributed by atoms with E-state index in [1.807, 2.05) is 78.9 Å².